The molecule has 1 amide bonds. The third-order valence-electron chi connectivity index (χ3n) is 5.11. The molecule has 4 rings (SSSR count). The summed E-state index contributed by atoms with van der Waals surface area (Å²) >= 11 is 0. The highest BCUT2D eigenvalue weighted by atomic mass is 16.2. The third kappa shape index (κ3) is 3.04. The van der Waals surface area contributed by atoms with E-state index in [2.05, 4.69) is 32.9 Å². The summed E-state index contributed by atoms with van der Waals surface area (Å²) in [6, 6.07) is 0.191. The van der Waals surface area contributed by atoms with Crippen LogP contribution in [0.4, 0.5) is 5.82 Å². The Labute approximate surface area is 147 Å². The van der Waals surface area contributed by atoms with Gasteiger partial charge in [0.05, 0.1) is 5.39 Å². The van der Waals surface area contributed by atoms with Crippen molar-refractivity contribution in [1.82, 2.24) is 19.9 Å². The minimum Gasteiger partial charge on any atom is -0.365 e. The quantitative estimate of drug-likeness (QED) is 0.841. The molecule has 1 fully saturated rings. The molecular weight excluding hydrogens is 314 g/mol. The van der Waals surface area contributed by atoms with Gasteiger partial charge >= 0.3 is 0 Å². The highest BCUT2D eigenvalue weighted by molar-refractivity contribution is 5.98. The van der Waals surface area contributed by atoms with E-state index in [0.717, 1.165) is 49.1 Å². The number of fused-ring (bicyclic) bond motifs is 1. The second kappa shape index (κ2) is 6.70. The predicted molar refractivity (Wildman–Crippen MR) is 99.1 cm³/mol. The van der Waals surface area contributed by atoms with E-state index in [1.165, 1.54) is 23.6 Å². The summed E-state index contributed by atoms with van der Waals surface area (Å²) in [4.78, 5) is 25.9. The number of allylic oxidation sites excluding steroid dienone is 2. The minimum atomic E-state index is -0.00206. The van der Waals surface area contributed by atoms with Gasteiger partial charge in [0, 0.05) is 30.9 Å². The molecule has 25 heavy (non-hydrogen) atoms. The number of amides is 1. The minimum absolute atomic E-state index is 0.00206. The second-order valence-corrected chi connectivity index (χ2v) is 6.74. The molecule has 0 spiro atoms. The van der Waals surface area contributed by atoms with E-state index in [4.69, 9.17) is 0 Å². The van der Waals surface area contributed by atoms with Crippen LogP contribution in [-0.2, 0) is 4.79 Å². The first-order valence-electron chi connectivity index (χ1n) is 8.95. The average molecular weight is 337 g/mol. The number of anilines is 1. The molecule has 3 heterocycles. The first kappa shape index (κ1) is 15.9. The summed E-state index contributed by atoms with van der Waals surface area (Å²) in [5, 5.41) is 4.61. The Hall–Kier alpha value is -2.63. The van der Waals surface area contributed by atoms with Gasteiger partial charge < -0.3 is 15.2 Å². The van der Waals surface area contributed by atoms with Crippen molar-refractivity contribution >= 4 is 28.3 Å². The van der Waals surface area contributed by atoms with Crippen LogP contribution in [0.2, 0.25) is 0 Å². The van der Waals surface area contributed by atoms with Crippen molar-refractivity contribution < 1.29 is 4.79 Å². The number of carbonyl (C=O) groups excluding carboxylic acids is 1. The number of carbonyl (C=O) groups is 1. The number of nitrogens with one attached hydrogen (secondary N) is 2. The van der Waals surface area contributed by atoms with E-state index >= 15 is 0 Å². The van der Waals surface area contributed by atoms with E-state index in [0.29, 0.717) is 6.54 Å². The first-order chi connectivity index (χ1) is 12.3. The number of aromatic amines is 1. The highest BCUT2D eigenvalue weighted by Crippen LogP contribution is 2.35. The van der Waals surface area contributed by atoms with Gasteiger partial charge in [-0.05, 0) is 43.8 Å². The maximum atomic E-state index is 11.9. The number of aromatic nitrogens is 3. The molecule has 0 saturated carbocycles. The summed E-state index contributed by atoms with van der Waals surface area (Å²) in [6.07, 6.45) is 12.8. The summed E-state index contributed by atoms with van der Waals surface area (Å²) < 4.78 is 0. The fourth-order valence-electron chi connectivity index (χ4n) is 3.86. The Morgan fingerprint density at radius 2 is 2.32 bits per heavy atom. The maximum Gasteiger partial charge on any atom is 0.246 e. The van der Waals surface area contributed by atoms with E-state index in [-0.39, 0.29) is 11.9 Å². The number of nitrogens with zero attached hydrogens (tertiary/aromatic N) is 3. The van der Waals surface area contributed by atoms with E-state index in [1.54, 1.807) is 6.33 Å². The van der Waals surface area contributed by atoms with Crippen LogP contribution in [0.1, 0.15) is 37.7 Å². The lowest BCUT2D eigenvalue weighted by Crippen LogP contribution is -2.44. The third-order valence-corrected chi connectivity index (χ3v) is 5.11. The van der Waals surface area contributed by atoms with Crippen molar-refractivity contribution in [1.29, 1.82) is 0 Å². The van der Waals surface area contributed by atoms with Crippen molar-refractivity contribution in [2.45, 2.75) is 38.1 Å². The van der Waals surface area contributed by atoms with Crippen LogP contribution in [0.5, 0.6) is 0 Å². The van der Waals surface area contributed by atoms with Crippen LogP contribution in [0, 0.1) is 0 Å². The second-order valence-electron chi connectivity index (χ2n) is 6.74. The lowest BCUT2D eigenvalue weighted by atomic mass is 10.0. The Morgan fingerprint density at radius 3 is 3.12 bits per heavy atom. The van der Waals surface area contributed by atoms with Gasteiger partial charge in [-0.1, -0.05) is 12.7 Å². The number of H-pyrrole nitrogens is 1. The van der Waals surface area contributed by atoms with Crippen LogP contribution in [0.25, 0.3) is 16.6 Å². The molecule has 130 valence electrons. The van der Waals surface area contributed by atoms with Gasteiger partial charge in [0.1, 0.15) is 17.8 Å². The summed E-state index contributed by atoms with van der Waals surface area (Å²) in [7, 11) is 0. The molecule has 0 unspecified atom stereocenters. The Bertz CT molecular complexity index is 837. The highest BCUT2D eigenvalue weighted by Gasteiger charge is 2.24. The van der Waals surface area contributed by atoms with Crippen LogP contribution in [0.15, 0.2) is 31.3 Å². The van der Waals surface area contributed by atoms with Crippen LogP contribution >= 0.6 is 0 Å². The van der Waals surface area contributed by atoms with Gasteiger partial charge in [-0.3, -0.25) is 4.79 Å². The lowest BCUT2D eigenvalue weighted by Gasteiger charge is -2.33. The smallest absolute Gasteiger partial charge is 0.246 e. The maximum absolute atomic E-state index is 11.9. The van der Waals surface area contributed by atoms with Gasteiger partial charge in [-0.2, -0.15) is 0 Å². The number of hydrogen-bond acceptors (Lipinski definition) is 4. The molecule has 6 heteroatoms. The average Bonchev–Trinajstić information content (AvgIpc) is 3.31. The van der Waals surface area contributed by atoms with Gasteiger partial charge in [0.15, 0.2) is 0 Å². The van der Waals surface area contributed by atoms with Crippen molar-refractivity contribution in [2.75, 3.05) is 18.4 Å². The van der Waals surface area contributed by atoms with Crippen LogP contribution in [0.3, 0.4) is 0 Å². The Morgan fingerprint density at radius 1 is 1.40 bits per heavy atom. The van der Waals surface area contributed by atoms with Gasteiger partial charge in [0.2, 0.25) is 5.91 Å². The monoisotopic (exact) mass is 337 g/mol. The molecular formula is C19H23N5O. The largest absolute Gasteiger partial charge is 0.365 e. The molecule has 1 aliphatic carbocycles. The summed E-state index contributed by atoms with van der Waals surface area (Å²) in [5.41, 5.74) is 3.43. The fraction of sp³-hybridized carbons (Fsp3) is 0.421. The molecule has 0 bridgehead atoms. The zero-order valence-electron chi connectivity index (χ0n) is 14.3. The van der Waals surface area contributed by atoms with Crippen LogP contribution < -0.4 is 5.32 Å². The van der Waals surface area contributed by atoms with Crippen LogP contribution in [-0.4, -0.2) is 44.9 Å². The van der Waals surface area contributed by atoms with E-state index in [1.807, 2.05) is 11.1 Å². The topological polar surface area (TPSA) is 73.9 Å². The zero-order chi connectivity index (χ0) is 17.2. The number of piperidine rings is 1. The summed E-state index contributed by atoms with van der Waals surface area (Å²) in [5.74, 6) is 0.852. The van der Waals surface area contributed by atoms with Gasteiger partial charge in [0.25, 0.3) is 0 Å². The van der Waals surface area contributed by atoms with E-state index < -0.39 is 0 Å². The predicted octanol–water partition coefficient (Wildman–Crippen LogP) is 3.11. The molecule has 1 aliphatic heterocycles. The van der Waals surface area contributed by atoms with Crippen molar-refractivity contribution in [3.05, 3.63) is 36.8 Å². The lowest BCUT2D eigenvalue weighted by molar-refractivity contribution is -0.127. The van der Waals surface area contributed by atoms with E-state index in [9.17, 15) is 4.79 Å². The standard InChI is InChI=1S/C19H23N5O/c1-2-16(25)24-9-5-8-14(11-24)23-19-17-15(13-6-3-4-7-13)10-20-18(17)21-12-22-19/h2,6,10,12,14H,1,3-5,7-9,11H2,(H2,20,21,22,23)/t14-/m1/s1. The molecule has 0 aromatic carbocycles. The van der Waals surface area contributed by atoms with Crippen molar-refractivity contribution in [2.24, 2.45) is 0 Å². The molecule has 6 nitrogen and oxygen atoms in total. The zero-order valence-corrected chi connectivity index (χ0v) is 14.3. The molecule has 2 aliphatic rings. The number of likely N-dealkylation sites (tertiary alicyclic amines) is 1. The number of hydrogen-bond donors (Lipinski definition) is 2. The SMILES string of the molecule is C=CC(=O)N1CCC[C@@H](Nc2ncnc3[nH]cc(C4=CCCC4)c23)C1. The molecule has 1 atom stereocenters. The molecule has 1 saturated heterocycles. The van der Waals surface area contributed by atoms with Crippen molar-refractivity contribution in [3.63, 3.8) is 0 Å². The fourth-order valence-corrected chi connectivity index (χ4v) is 3.86. The van der Waals surface area contributed by atoms with Gasteiger partial charge in [-0.15, -0.1) is 0 Å². The van der Waals surface area contributed by atoms with Crippen molar-refractivity contribution in [3.8, 4) is 0 Å². The Kier molecular flexibility index (Phi) is 4.26. The molecule has 2 aromatic heterocycles. The Balaban J connectivity index is 1.62. The first-order valence-corrected chi connectivity index (χ1v) is 8.95. The molecule has 2 N–H and O–H groups in total. The molecule has 0 radical (unpaired) electrons. The van der Waals surface area contributed by atoms with Gasteiger partial charge in [-0.25, -0.2) is 9.97 Å². The normalized spacial score (nSPS) is 20.6. The molecule has 2 aromatic rings. The summed E-state index contributed by atoms with van der Waals surface area (Å²) in [6.45, 7) is 5.07. The number of rotatable bonds is 4.